The normalized spacial score (nSPS) is 10.1. The van der Waals surface area contributed by atoms with Crippen LogP contribution in [0.4, 0.5) is 5.69 Å². The molecular formula is C21H25N3O4. The highest BCUT2D eigenvalue weighted by Crippen LogP contribution is 2.16. The predicted octanol–water partition coefficient (Wildman–Crippen LogP) is 2.14. The Labute approximate surface area is 164 Å². The number of hydrogen-bond donors (Lipinski definition) is 2. The average Bonchev–Trinajstić information content (AvgIpc) is 2.68. The molecule has 2 rings (SSSR count). The van der Waals surface area contributed by atoms with E-state index in [9.17, 15) is 14.4 Å². The first-order valence-corrected chi connectivity index (χ1v) is 8.83. The standard InChI is InChI=1S/C21H25N3O4/c1-14-8-9-15(2)18(10-14)23-19(25)13-24(3)20(26)12-22-21(27)16-6-5-7-17(11-16)28-4/h5-11H,12-13H2,1-4H3,(H,22,27)(H,23,25). The molecule has 148 valence electrons. The Morgan fingerprint density at radius 2 is 1.82 bits per heavy atom. The van der Waals surface area contributed by atoms with Crippen LogP contribution in [0.1, 0.15) is 21.5 Å². The molecule has 0 heterocycles. The Morgan fingerprint density at radius 3 is 2.54 bits per heavy atom. The van der Waals surface area contributed by atoms with Gasteiger partial charge in [-0.2, -0.15) is 0 Å². The highest BCUT2D eigenvalue weighted by atomic mass is 16.5. The van der Waals surface area contributed by atoms with E-state index in [0.29, 0.717) is 11.3 Å². The summed E-state index contributed by atoms with van der Waals surface area (Å²) in [6, 6.07) is 12.4. The van der Waals surface area contributed by atoms with E-state index >= 15 is 0 Å². The van der Waals surface area contributed by atoms with Crippen LogP contribution in [-0.4, -0.2) is 49.9 Å². The molecule has 0 bridgehead atoms. The van der Waals surface area contributed by atoms with Crippen LogP contribution < -0.4 is 15.4 Å². The number of likely N-dealkylation sites (N-methyl/N-ethyl adjacent to an activating group) is 1. The van der Waals surface area contributed by atoms with Gasteiger partial charge in [0.25, 0.3) is 5.91 Å². The molecule has 0 aromatic heterocycles. The van der Waals surface area contributed by atoms with Crippen molar-refractivity contribution in [3.63, 3.8) is 0 Å². The molecule has 7 heteroatoms. The summed E-state index contributed by atoms with van der Waals surface area (Å²) in [5.74, 6) is -0.504. The molecule has 0 aliphatic rings. The zero-order chi connectivity index (χ0) is 20.7. The van der Waals surface area contributed by atoms with E-state index in [0.717, 1.165) is 16.8 Å². The molecule has 2 aromatic carbocycles. The van der Waals surface area contributed by atoms with Gasteiger partial charge in [0.15, 0.2) is 0 Å². The smallest absolute Gasteiger partial charge is 0.251 e. The Hall–Kier alpha value is -3.35. The monoisotopic (exact) mass is 383 g/mol. The summed E-state index contributed by atoms with van der Waals surface area (Å²) in [4.78, 5) is 37.9. The second kappa shape index (κ2) is 9.55. The molecule has 0 saturated heterocycles. The molecule has 0 aliphatic heterocycles. The van der Waals surface area contributed by atoms with Gasteiger partial charge in [-0.05, 0) is 49.2 Å². The van der Waals surface area contributed by atoms with Crippen LogP contribution in [-0.2, 0) is 9.59 Å². The molecule has 28 heavy (non-hydrogen) atoms. The van der Waals surface area contributed by atoms with Gasteiger partial charge in [0.1, 0.15) is 5.75 Å². The first kappa shape index (κ1) is 21.0. The zero-order valence-electron chi connectivity index (χ0n) is 16.5. The first-order valence-electron chi connectivity index (χ1n) is 8.83. The average molecular weight is 383 g/mol. The van der Waals surface area contributed by atoms with Gasteiger partial charge in [0.05, 0.1) is 20.2 Å². The second-order valence-corrected chi connectivity index (χ2v) is 6.53. The summed E-state index contributed by atoms with van der Waals surface area (Å²) in [5, 5.41) is 5.36. The third-order valence-electron chi connectivity index (χ3n) is 4.21. The Balaban J connectivity index is 1.85. The number of amides is 3. The summed E-state index contributed by atoms with van der Waals surface area (Å²) in [5.41, 5.74) is 3.09. The number of nitrogens with zero attached hydrogens (tertiary/aromatic N) is 1. The molecular weight excluding hydrogens is 358 g/mol. The van der Waals surface area contributed by atoms with Gasteiger partial charge < -0.3 is 20.3 Å². The Morgan fingerprint density at radius 1 is 1.07 bits per heavy atom. The van der Waals surface area contributed by atoms with Gasteiger partial charge in [-0.15, -0.1) is 0 Å². The molecule has 0 fully saturated rings. The Kier molecular flexibility index (Phi) is 7.14. The van der Waals surface area contributed by atoms with Crippen molar-refractivity contribution in [1.82, 2.24) is 10.2 Å². The quantitative estimate of drug-likeness (QED) is 0.767. The fraction of sp³-hybridized carbons (Fsp3) is 0.286. The summed E-state index contributed by atoms with van der Waals surface area (Å²) in [6.07, 6.45) is 0. The second-order valence-electron chi connectivity index (χ2n) is 6.53. The molecule has 0 aliphatic carbocycles. The van der Waals surface area contributed by atoms with Crippen molar-refractivity contribution >= 4 is 23.4 Å². The van der Waals surface area contributed by atoms with Crippen molar-refractivity contribution in [3.05, 3.63) is 59.2 Å². The van der Waals surface area contributed by atoms with E-state index < -0.39 is 0 Å². The third-order valence-corrected chi connectivity index (χ3v) is 4.21. The maximum atomic E-state index is 12.2. The number of benzene rings is 2. The first-order chi connectivity index (χ1) is 13.3. The third kappa shape index (κ3) is 5.84. The van der Waals surface area contributed by atoms with E-state index in [1.54, 1.807) is 24.3 Å². The highest BCUT2D eigenvalue weighted by molar-refractivity contribution is 5.98. The number of rotatable bonds is 7. The van der Waals surface area contributed by atoms with Gasteiger partial charge in [-0.1, -0.05) is 18.2 Å². The van der Waals surface area contributed by atoms with Crippen molar-refractivity contribution in [3.8, 4) is 5.75 Å². The van der Waals surface area contributed by atoms with Crippen LogP contribution in [0.3, 0.4) is 0 Å². The molecule has 7 nitrogen and oxygen atoms in total. The van der Waals surface area contributed by atoms with Crippen LogP contribution in [0.5, 0.6) is 5.75 Å². The van der Waals surface area contributed by atoms with Crippen LogP contribution in [0.15, 0.2) is 42.5 Å². The topological polar surface area (TPSA) is 87.7 Å². The number of ether oxygens (including phenoxy) is 1. The summed E-state index contributed by atoms with van der Waals surface area (Å²) >= 11 is 0. The highest BCUT2D eigenvalue weighted by Gasteiger charge is 2.15. The number of nitrogens with one attached hydrogen (secondary N) is 2. The molecule has 0 radical (unpaired) electrons. The predicted molar refractivity (Wildman–Crippen MR) is 108 cm³/mol. The molecule has 0 unspecified atom stereocenters. The van der Waals surface area contributed by atoms with E-state index in [2.05, 4.69) is 10.6 Å². The lowest BCUT2D eigenvalue weighted by atomic mass is 10.1. The van der Waals surface area contributed by atoms with Crippen molar-refractivity contribution in [2.45, 2.75) is 13.8 Å². The lowest BCUT2D eigenvalue weighted by molar-refractivity contribution is -0.132. The SMILES string of the molecule is COc1cccc(C(=O)NCC(=O)N(C)CC(=O)Nc2cc(C)ccc2C)c1. The van der Waals surface area contributed by atoms with Crippen LogP contribution in [0, 0.1) is 13.8 Å². The van der Waals surface area contributed by atoms with Crippen LogP contribution >= 0.6 is 0 Å². The number of aryl methyl sites for hydroxylation is 2. The van der Waals surface area contributed by atoms with Gasteiger partial charge in [-0.25, -0.2) is 0 Å². The minimum Gasteiger partial charge on any atom is -0.497 e. The van der Waals surface area contributed by atoms with E-state index in [-0.39, 0.29) is 30.8 Å². The number of methoxy groups -OCH3 is 1. The molecule has 2 aromatic rings. The van der Waals surface area contributed by atoms with Gasteiger partial charge in [0.2, 0.25) is 11.8 Å². The number of hydrogen-bond acceptors (Lipinski definition) is 4. The largest absolute Gasteiger partial charge is 0.497 e. The number of carbonyl (C=O) groups excluding carboxylic acids is 3. The van der Waals surface area contributed by atoms with Crippen molar-refractivity contribution < 1.29 is 19.1 Å². The zero-order valence-corrected chi connectivity index (χ0v) is 16.5. The van der Waals surface area contributed by atoms with Gasteiger partial charge in [-0.3, -0.25) is 14.4 Å². The van der Waals surface area contributed by atoms with E-state index in [1.165, 1.54) is 19.1 Å². The number of carbonyl (C=O) groups is 3. The van der Waals surface area contributed by atoms with Crippen LogP contribution in [0.2, 0.25) is 0 Å². The molecule has 0 atom stereocenters. The van der Waals surface area contributed by atoms with Crippen molar-refractivity contribution in [2.75, 3.05) is 32.6 Å². The van der Waals surface area contributed by atoms with Crippen molar-refractivity contribution in [2.24, 2.45) is 0 Å². The minimum atomic E-state index is -0.388. The molecule has 3 amide bonds. The lowest BCUT2D eigenvalue weighted by Gasteiger charge is -2.18. The Bertz CT molecular complexity index is 880. The summed E-state index contributed by atoms with van der Waals surface area (Å²) < 4.78 is 5.08. The summed E-state index contributed by atoms with van der Waals surface area (Å²) in [6.45, 7) is 3.53. The maximum Gasteiger partial charge on any atom is 0.251 e. The fourth-order valence-electron chi connectivity index (χ4n) is 2.52. The summed E-state index contributed by atoms with van der Waals surface area (Å²) in [7, 11) is 3.03. The van der Waals surface area contributed by atoms with Gasteiger partial charge in [0, 0.05) is 18.3 Å². The molecule has 0 saturated carbocycles. The molecule has 0 spiro atoms. The van der Waals surface area contributed by atoms with Crippen LogP contribution in [0.25, 0.3) is 0 Å². The number of anilines is 1. The molecule has 2 N–H and O–H groups in total. The van der Waals surface area contributed by atoms with Crippen molar-refractivity contribution in [1.29, 1.82) is 0 Å². The van der Waals surface area contributed by atoms with E-state index in [4.69, 9.17) is 4.74 Å². The van der Waals surface area contributed by atoms with Gasteiger partial charge >= 0.3 is 0 Å². The fourth-order valence-corrected chi connectivity index (χ4v) is 2.52. The maximum absolute atomic E-state index is 12.2. The lowest BCUT2D eigenvalue weighted by Crippen LogP contribution is -2.41. The van der Waals surface area contributed by atoms with E-state index in [1.807, 2.05) is 32.0 Å². The minimum absolute atomic E-state index is 0.110.